The highest BCUT2D eigenvalue weighted by molar-refractivity contribution is 7.78. The predicted molar refractivity (Wildman–Crippen MR) is 292 cm³/mol. The molecule has 1 aliphatic carbocycles. The third-order valence-electron chi connectivity index (χ3n) is 13.6. The van der Waals surface area contributed by atoms with Gasteiger partial charge in [-0.15, -0.1) is 0 Å². The van der Waals surface area contributed by atoms with E-state index in [1.807, 2.05) is 53.7 Å². The number of carboxylic acids is 1. The highest BCUT2D eigenvalue weighted by Crippen LogP contribution is 2.63. The molecule has 2 aliphatic rings. The summed E-state index contributed by atoms with van der Waals surface area (Å²) >= 11 is 0. The molecule has 4 aromatic rings. The Kier molecular flexibility index (Phi) is 20.3. The quantitative estimate of drug-likeness (QED) is 0.0508. The van der Waals surface area contributed by atoms with Crippen molar-refractivity contribution in [2.24, 2.45) is 0 Å². The number of nitrogens with zero attached hydrogens (tertiary/aromatic N) is 3. The first kappa shape index (κ1) is 61.6. The van der Waals surface area contributed by atoms with E-state index >= 15 is 4.39 Å². The highest BCUT2D eigenvalue weighted by atomic mass is 31.2. The summed E-state index contributed by atoms with van der Waals surface area (Å²) in [6, 6.07) is 10.8. The van der Waals surface area contributed by atoms with Crippen molar-refractivity contribution in [2.75, 3.05) is 70.2 Å². The number of carbonyl (C=O) groups excluding carboxylic acids is 4. The van der Waals surface area contributed by atoms with Crippen LogP contribution in [0.2, 0.25) is 0 Å². The van der Waals surface area contributed by atoms with Gasteiger partial charge in [-0.1, -0.05) is 33.8 Å². The number of piperazine rings is 1. The van der Waals surface area contributed by atoms with Gasteiger partial charge in [-0.3, -0.25) is 28.3 Å². The number of aldehydes is 1. The van der Waals surface area contributed by atoms with Crippen LogP contribution in [0.4, 0.5) is 10.1 Å². The molecule has 1 N–H and O–H groups in total. The lowest BCUT2D eigenvalue weighted by Crippen LogP contribution is -2.55. The molecule has 1 aromatic heterocycles. The zero-order chi connectivity index (χ0) is 56.7. The minimum Gasteiger partial charge on any atom is -0.492 e. The number of methoxy groups -OCH3 is 1. The van der Waals surface area contributed by atoms with Crippen molar-refractivity contribution in [2.45, 2.75) is 118 Å². The lowest BCUT2D eigenvalue weighted by atomic mass is 9.78. The Morgan fingerprint density at radius 3 is 2.01 bits per heavy atom. The van der Waals surface area contributed by atoms with E-state index in [4.69, 9.17) is 23.0 Å². The molecule has 6 rings (SSSR count). The number of hydrogen-bond donors (Lipinski definition) is 1. The second-order valence-corrected chi connectivity index (χ2v) is 28.8. The van der Waals surface area contributed by atoms with E-state index in [2.05, 4.69) is 0 Å². The van der Waals surface area contributed by atoms with Crippen molar-refractivity contribution in [3.05, 3.63) is 87.0 Å². The van der Waals surface area contributed by atoms with Crippen LogP contribution in [0.3, 0.4) is 0 Å². The molecule has 3 unspecified atom stereocenters. The number of anilines is 1. The minimum atomic E-state index is -3.57. The molecule has 76 heavy (non-hydrogen) atoms. The van der Waals surface area contributed by atoms with E-state index < -0.39 is 55.7 Å². The van der Waals surface area contributed by atoms with Gasteiger partial charge < -0.3 is 51.9 Å². The number of aromatic carboxylic acids is 1. The number of aryl methyl sites for hydroxylation is 1. The van der Waals surface area contributed by atoms with E-state index in [1.54, 1.807) is 60.3 Å². The third kappa shape index (κ3) is 14.1. The minimum absolute atomic E-state index is 0.00490. The first-order valence-electron chi connectivity index (χ1n) is 25.3. The SMILES string of the molecule is CCOP(=O)(CP(=O)(OCC)c1ccc(C)c(C(C)(C)CC(C)=O)c1)OCC.COc1c(N2CCN(C(=O)CC(C)(C)c3cc(P(C)(=O)CC=O)ccc3OC=O)C(C)C2)c(F)cc2c(=O)c(C(=O)O)cn(C3CC3)c12. The van der Waals surface area contributed by atoms with Gasteiger partial charge in [0.25, 0.3) is 6.47 Å². The van der Waals surface area contributed by atoms with Crippen molar-refractivity contribution in [3.8, 4) is 11.5 Å². The largest absolute Gasteiger partial charge is 0.492 e. The molecule has 416 valence electrons. The van der Waals surface area contributed by atoms with E-state index in [1.165, 1.54) is 26.0 Å². The number of carbonyl (C=O) groups is 5. The fourth-order valence-electron chi connectivity index (χ4n) is 9.99. The summed E-state index contributed by atoms with van der Waals surface area (Å²) < 4.78 is 84.8. The van der Waals surface area contributed by atoms with Crippen molar-refractivity contribution < 1.29 is 70.2 Å². The number of rotatable bonds is 24. The van der Waals surface area contributed by atoms with Crippen LogP contribution in [-0.4, -0.2) is 116 Å². The fourth-order valence-corrected chi connectivity index (χ4v) is 16.8. The van der Waals surface area contributed by atoms with Gasteiger partial charge in [0, 0.05) is 72.3 Å². The van der Waals surface area contributed by atoms with Gasteiger partial charge in [-0.25, -0.2) is 9.18 Å². The van der Waals surface area contributed by atoms with Crippen LogP contribution in [0, 0.1) is 12.7 Å². The number of halogens is 1. The van der Waals surface area contributed by atoms with Crippen molar-refractivity contribution in [3.63, 3.8) is 0 Å². The Morgan fingerprint density at radius 2 is 1.47 bits per heavy atom. The van der Waals surface area contributed by atoms with Gasteiger partial charge in [0.05, 0.1) is 44.0 Å². The maximum Gasteiger partial charge on any atom is 0.341 e. The number of aromatic nitrogens is 1. The highest BCUT2D eigenvalue weighted by Gasteiger charge is 2.41. The molecule has 2 heterocycles. The van der Waals surface area contributed by atoms with Crippen LogP contribution in [0.1, 0.15) is 121 Å². The number of fused-ring (bicyclic) bond motifs is 1. The van der Waals surface area contributed by atoms with E-state index in [0.717, 1.165) is 30.0 Å². The number of Topliss-reactive ketones (excluding diaryl/α,β-unsaturated/α-hetero) is 1. The second kappa shape index (κ2) is 25.0. The van der Waals surface area contributed by atoms with Crippen LogP contribution < -0.4 is 30.4 Å². The Hall–Kier alpha value is -5.28. The summed E-state index contributed by atoms with van der Waals surface area (Å²) in [6.07, 6.45) is 3.70. The number of benzene rings is 3. The summed E-state index contributed by atoms with van der Waals surface area (Å²) in [5.41, 5.74) is 0.350. The Labute approximate surface area is 444 Å². The number of ketones is 1. The van der Waals surface area contributed by atoms with Gasteiger partial charge in [0.15, 0.2) is 11.6 Å². The lowest BCUT2D eigenvalue weighted by molar-refractivity contribution is -0.134. The van der Waals surface area contributed by atoms with Crippen LogP contribution >= 0.6 is 22.1 Å². The average molecular weight is 1120 g/mol. The standard InChI is InChI=1S/C34H39FN3O9P.C20H34O6P2/c1-20-17-36(30-26(35)15-23-29(32(30)46-4)38(21-6-7-21)18-24(31(23)42)33(43)44)10-11-37(20)28(41)16-34(2,3)25-14-22(48(5,45)13-12-39)8-9-27(25)47-19-40;1-8-24-27(22,15-28(23,25-9-2)26-10-3)18-12-11-16(4)19(13-18)20(6,7)14-17(5)21/h8-9,12,14-15,18-21H,6-7,10-11,13,16-17H2,1-5H3,(H,43,44);11-13H,8-10,14-15H2,1-7H3. The molecule has 3 aromatic carbocycles. The Bertz CT molecular complexity index is 3050. The third-order valence-corrected chi connectivity index (χ3v) is 21.8. The summed E-state index contributed by atoms with van der Waals surface area (Å²) in [6.45, 7) is 21.2. The maximum absolute atomic E-state index is 15.9. The number of amides is 1. The number of pyridine rings is 1. The normalized spacial score (nSPS) is 16.7. The zero-order valence-corrected chi connectivity index (χ0v) is 48.3. The fraction of sp³-hybridized carbons (Fsp3) is 0.519. The van der Waals surface area contributed by atoms with E-state index in [0.29, 0.717) is 34.4 Å². The Balaban J connectivity index is 0.000000325. The topological polar surface area (TPSA) is 231 Å². The zero-order valence-electron chi connectivity index (χ0n) is 45.6. The molecule has 0 spiro atoms. The molecular weight excluding hydrogens is 1040 g/mol. The number of hydrogen-bond acceptors (Lipinski definition) is 15. The molecule has 3 atom stereocenters. The summed E-state index contributed by atoms with van der Waals surface area (Å²) in [5.74, 6) is -2.21. The van der Waals surface area contributed by atoms with E-state index in [9.17, 15) is 47.6 Å². The molecule has 22 heteroatoms. The molecule has 1 aliphatic heterocycles. The second-order valence-electron chi connectivity index (χ2n) is 20.7. The van der Waals surface area contributed by atoms with Crippen LogP contribution in [0.15, 0.2) is 53.5 Å². The van der Waals surface area contributed by atoms with Crippen molar-refractivity contribution in [1.82, 2.24) is 9.47 Å². The summed E-state index contributed by atoms with van der Waals surface area (Å²) in [7, 11) is -8.72. The summed E-state index contributed by atoms with van der Waals surface area (Å²) in [4.78, 5) is 76.3. The monoisotopic (exact) mass is 1120 g/mol. The summed E-state index contributed by atoms with van der Waals surface area (Å²) in [5, 5.41) is 10.4. The molecule has 2 fully saturated rings. The van der Waals surface area contributed by atoms with Gasteiger partial charge in [0.1, 0.15) is 42.1 Å². The molecule has 0 bridgehead atoms. The Morgan fingerprint density at radius 1 is 0.868 bits per heavy atom. The van der Waals surface area contributed by atoms with Crippen molar-refractivity contribution >= 4 is 79.7 Å². The number of carboxylic acid groups (broad SMARTS) is 1. The first-order valence-corrected chi connectivity index (χ1v) is 31.2. The molecule has 18 nitrogen and oxygen atoms in total. The van der Waals surface area contributed by atoms with Crippen LogP contribution in [0.25, 0.3) is 10.9 Å². The molecule has 1 saturated heterocycles. The van der Waals surface area contributed by atoms with Gasteiger partial charge in [0.2, 0.25) is 18.7 Å². The molecule has 1 amide bonds. The lowest BCUT2D eigenvalue weighted by Gasteiger charge is -2.42. The number of ether oxygens (including phenoxy) is 2. The van der Waals surface area contributed by atoms with Gasteiger partial charge in [-0.2, -0.15) is 0 Å². The van der Waals surface area contributed by atoms with Crippen LogP contribution in [-0.2, 0) is 57.3 Å². The first-order chi connectivity index (χ1) is 35.6. The molecular formula is C54H73FN3O15P3. The molecule has 0 radical (unpaired) electrons. The van der Waals surface area contributed by atoms with Crippen molar-refractivity contribution in [1.29, 1.82) is 0 Å². The molecule has 1 saturated carbocycles. The van der Waals surface area contributed by atoms with Gasteiger partial charge in [-0.05, 0) is 114 Å². The average Bonchev–Trinajstić information content (AvgIpc) is 4.17. The smallest absolute Gasteiger partial charge is 0.341 e. The van der Waals surface area contributed by atoms with Gasteiger partial charge >= 0.3 is 13.6 Å². The van der Waals surface area contributed by atoms with E-state index in [-0.39, 0.29) is 111 Å². The maximum atomic E-state index is 15.9. The predicted octanol–water partition coefficient (Wildman–Crippen LogP) is 9.35. The van der Waals surface area contributed by atoms with Crippen LogP contribution in [0.5, 0.6) is 11.5 Å².